The molecule has 1 aromatic heterocycles. The lowest BCUT2D eigenvalue weighted by Crippen LogP contribution is -1.90. The van der Waals surface area contributed by atoms with Crippen LogP contribution in [-0.4, -0.2) is 15.3 Å². The van der Waals surface area contributed by atoms with Crippen molar-refractivity contribution in [2.45, 2.75) is 6.92 Å². The maximum atomic E-state index is 9.43. The number of benzene rings is 1. The molecule has 0 bridgehead atoms. The number of hydrogen-bond acceptors (Lipinski definition) is 5. The molecule has 1 aromatic carbocycles. The van der Waals surface area contributed by atoms with E-state index < -0.39 is 0 Å². The van der Waals surface area contributed by atoms with Gasteiger partial charge in [0.05, 0.1) is 5.69 Å². The fraction of sp³-hybridized carbons (Fsp3) is 0.111. The largest absolute Gasteiger partial charge is 0.506 e. The van der Waals surface area contributed by atoms with Crippen LogP contribution in [0.15, 0.2) is 28.7 Å². The monoisotopic (exact) mass is 191 g/mol. The predicted molar refractivity (Wildman–Crippen MR) is 50.4 cm³/mol. The van der Waals surface area contributed by atoms with Gasteiger partial charge in [-0.25, -0.2) is 0 Å². The van der Waals surface area contributed by atoms with Crippen LogP contribution in [0.4, 0.5) is 11.7 Å². The SMILES string of the molecule is Cc1nnc(Nc2ccccc2O)o1. The maximum absolute atomic E-state index is 9.43. The van der Waals surface area contributed by atoms with Crippen LogP contribution in [0.3, 0.4) is 0 Å². The second-order valence-corrected chi connectivity index (χ2v) is 2.77. The fourth-order valence-corrected chi connectivity index (χ4v) is 1.04. The molecule has 0 fully saturated rings. The van der Waals surface area contributed by atoms with E-state index in [9.17, 15) is 5.11 Å². The Bertz CT molecular complexity index is 439. The molecule has 0 aliphatic rings. The average molecular weight is 191 g/mol. The summed E-state index contributed by atoms with van der Waals surface area (Å²) < 4.78 is 5.10. The second-order valence-electron chi connectivity index (χ2n) is 2.77. The highest BCUT2D eigenvalue weighted by Gasteiger charge is 2.04. The van der Waals surface area contributed by atoms with Gasteiger partial charge in [-0.15, -0.1) is 5.10 Å². The zero-order valence-electron chi connectivity index (χ0n) is 7.56. The number of phenolic OH excluding ortho intramolecular Hbond substituents is 1. The molecule has 5 nitrogen and oxygen atoms in total. The van der Waals surface area contributed by atoms with Gasteiger partial charge in [0.2, 0.25) is 5.89 Å². The van der Waals surface area contributed by atoms with E-state index in [2.05, 4.69) is 15.5 Å². The second kappa shape index (κ2) is 3.37. The van der Waals surface area contributed by atoms with Crippen LogP contribution in [-0.2, 0) is 0 Å². The van der Waals surface area contributed by atoms with Crippen LogP contribution >= 0.6 is 0 Å². The van der Waals surface area contributed by atoms with Crippen molar-refractivity contribution in [3.8, 4) is 5.75 Å². The van der Waals surface area contributed by atoms with E-state index in [-0.39, 0.29) is 11.8 Å². The van der Waals surface area contributed by atoms with Crippen LogP contribution < -0.4 is 5.32 Å². The van der Waals surface area contributed by atoms with Gasteiger partial charge in [-0.2, -0.15) is 0 Å². The fourth-order valence-electron chi connectivity index (χ4n) is 1.04. The lowest BCUT2D eigenvalue weighted by molar-refractivity contribution is 0.476. The molecule has 0 unspecified atom stereocenters. The molecule has 0 aliphatic heterocycles. The number of aromatic nitrogens is 2. The first-order valence-corrected chi connectivity index (χ1v) is 4.11. The zero-order chi connectivity index (χ0) is 9.97. The smallest absolute Gasteiger partial charge is 0.320 e. The molecule has 0 amide bonds. The number of hydrogen-bond donors (Lipinski definition) is 2. The van der Waals surface area contributed by atoms with Gasteiger partial charge in [0, 0.05) is 6.92 Å². The normalized spacial score (nSPS) is 10.1. The third kappa shape index (κ3) is 1.66. The van der Waals surface area contributed by atoms with Crippen molar-refractivity contribution in [1.29, 1.82) is 0 Å². The predicted octanol–water partition coefficient (Wildman–Crippen LogP) is 1.83. The molecule has 5 heteroatoms. The minimum atomic E-state index is 0.142. The van der Waals surface area contributed by atoms with E-state index in [0.29, 0.717) is 11.6 Å². The third-order valence-corrected chi connectivity index (χ3v) is 1.67. The molecule has 2 aromatic rings. The van der Waals surface area contributed by atoms with Crippen molar-refractivity contribution < 1.29 is 9.52 Å². The summed E-state index contributed by atoms with van der Waals surface area (Å²) in [6.45, 7) is 1.70. The van der Waals surface area contributed by atoms with Gasteiger partial charge in [-0.1, -0.05) is 17.2 Å². The molecular formula is C9H9N3O2. The van der Waals surface area contributed by atoms with Crippen LogP contribution in [0.2, 0.25) is 0 Å². The number of aryl methyl sites for hydroxylation is 1. The standard InChI is InChI=1S/C9H9N3O2/c1-6-11-12-9(14-6)10-7-4-2-3-5-8(7)13/h2-5,13H,1H3,(H,10,12). The summed E-state index contributed by atoms with van der Waals surface area (Å²) in [5.41, 5.74) is 0.538. The number of aromatic hydroxyl groups is 1. The number of phenols is 1. The quantitative estimate of drug-likeness (QED) is 0.708. The van der Waals surface area contributed by atoms with Crippen LogP contribution in [0, 0.1) is 6.92 Å². The number of rotatable bonds is 2. The summed E-state index contributed by atoms with van der Waals surface area (Å²) in [5, 5.41) is 19.6. The van der Waals surface area contributed by atoms with Crippen molar-refractivity contribution in [3.05, 3.63) is 30.2 Å². The lowest BCUT2D eigenvalue weighted by Gasteiger charge is -2.02. The number of nitrogens with one attached hydrogen (secondary N) is 1. The van der Waals surface area contributed by atoms with Gasteiger partial charge in [0.25, 0.3) is 0 Å². The molecule has 0 saturated carbocycles. The Morgan fingerprint density at radius 1 is 1.29 bits per heavy atom. The minimum Gasteiger partial charge on any atom is -0.506 e. The van der Waals surface area contributed by atoms with Crippen LogP contribution in [0.1, 0.15) is 5.89 Å². The molecule has 0 spiro atoms. The van der Waals surface area contributed by atoms with Gasteiger partial charge >= 0.3 is 6.01 Å². The Morgan fingerprint density at radius 2 is 2.07 bits per heavy atom. The van der Waals surface area contributed by atoms with Gasteiger partial charge < -0.3 is 14.8 Å². The van der Waals surface area contributed by atoms with E-state index >= 15 is 0 Å². The topological polar surface area (TPSA) is 71.2 Å². The molecule has 1 heterocycles. The highest BCUT2D eigenvalue weighted by atomic mass is 16.4. The first kappa shape index (κ1) is 8.55. The summed E-state index contributed by atoms with van der Waals surface area (Å²) in [5.74, 6) is 0.617. The lowest BCUT2D eigenvalue weighted by atomic mass is 10.3. The molecular weight excluding hydrogens is 182 g/mol. The Morgan fingerprint density at radius 3 is 2.71 bits per heavy atom. The number of para-hydroxylation sites is 2. The molecule has 72 valence electrons. The van der Waals surface area contributed by atoms with E-state index in [4.69, 9.17) is 4.42 Å². The Kier molecular flexibility index (Phi) is 2.06. The average Bonchev–Trinajstić information content (AvgIpc) is 2.56. The molecule has 0 atom stereocenters. The van der Waals surface area contributed by atoms with Gasteiger partial charge in [-0.3, -0.25) is 0 Å². The van der Waals surface area contributed by atoms with E-state index in [1.807, 2.05) is 0 Å². The Balaban J connectivity index is 2.23. The van der Waals surface area contributed by atoms with Gasteiger partial charge in [-0.05, 0) is 12.1 Å². The summed E-state index contributed by atoms with van der Waals surface area (Å²) in [4.78, 5) is 0. The summed E-state index contributed by atoms with van der Waals surface area (Å²) >= 11 is 0. The summed E-state index contributed by atoms with van der Waals surface area (Å²) in [6.07, 6.45) is 0. The highest BCUT2D eigenvalue weighted by molar-refractivity contribution is 5.60. The molecule has 2 rings (SSSR count). The molecule has 14 heavy (non-hydrogen) atoms. The molecule has 2 N–H and O–H groups in total. The van der Waals surface area contributed by atoms with Gasteiger partial charge in [0.1, 0.15) is 5.75 Å². The molecule has 0 radical (unpaired) electrons. The number of nitrogens with zero attached hydrogens (tertiary/aromatic N) is 2. The van der Waals surface area contributed by atoms with Crippen LogP contribution in [0.5, 0.6) is 5.75 Å². The van der Waals surface area contributed by atoms with Crippen molar-refractivity contribution in [3.63, 3.8) is 0 Å². The van der Waals surface area contributed by atoms with Crippen molar-refractivity contribution in [1.82, 2.24) is 10.2 Å². The zero-order valence-corrected chi connectivity index (χ0v) is 7.56. The first-order valence-electron chi connectivity index (χ1n) is 4.11. The van der Waals surface area contributed by atoms with Gasteiger partial charge in [0.15, 0.2) is 0 Å². The first-order chi connectivity index (χ1) is 6.75. The van der Waals surface area contributed by atoms with Crippen molar-refractivity contribution >= 4 is 11.7 Å². The Hall–Kier alpha value is -2.04. The summed E-state index contributed by atoms with van der Waals surface area (Å²) in [6, 6.07) is 7.09. The third-order valence-electron chi connectivity index (χ3n) is 1.67. The summed E-state index contributed by atoms with van der Waals surface area (Å²) in [7, 11) is 0. The van der Waals surface area contributed by atoms with Crippen LogP contribution in [0.25, 0.3) is 0 Å². The van der Waals surface area contributed by atoms with E-state index in [1.54, 1.807) is 31.2 Å². The number of anilines is 2. The van der Waals surface area contributed by atoms with Crippen molar-refractivity contribution in [2.24, 2.45) is 0 Å². The molecule has 0 aliphatic carbocycles. The maximum Gasteiger partial charge on any atom is 0.320 e. The highest BCUT2D eigenvalue weighted by Crippen LogP contribution is 2.24. The van der Waals surface area contributed by atoms with E-state index in [0.717, 1.165) is 0 Å². The Labute approximate surface area is 80.4 Å². The van der Waals surface area contributed by atoms with E-state index in [1.165, 1.54) is 0 Å². The minimum absolute atomic E-state index is 0.142. The van der Waals surface area contributed by atoms with Crippen molar-refractivity contribution in [2.75, 3.05) is 5.32 Å². The molecule has 0 saturated heterocycles.